The molecule has 0 spiro atoms. The van der Waals surface area contributed by atoms with E-state index < -0.39 is 0 Å². The lowest BCUT2D eigenvalue weighted by molar-refractivity contribution is 0.414. The number of hydrogen-bond donors (Lipinski definition) is 0. The van der Waals surface area contributed by atoms with Gasteiger partial charge in [0.05, 0.1) is 7.11 Å². The van der Waals surface area contributed by atoms with E-state index in [1.54, 1.807) is 7.11 Å². The second-order valence-corrected chi connectivity index (χ2v) is 4.32. The SMILES string of the molecule is COc1ccc(Cc2nsc(Cl)n2)cc1. The van der Waals surface area contributed by atoms with E-state index in [1.807, 2.05) is 24.3 Å². The summed E-state index contributed by atoms with van der Waals surface area (Å²) in [6, 6.07) is 7.83. The van der Waals surface area contributed by atoms with E-state index in [2.05, 4.69) is 9.36 Å². The Bertz CT molecular complexity index is 441. The zero-order valence-electron chi connectivity index (χ0n) is 8.11. The molecule has 1 aromatic heterocycles. The zero-order valence-corrected chi connectivity index (χ0v) is 9.68. The molecule has 0 fully saturated rings. The lowest BCUT2D eigenvalue weighted by Gasteiger charge is -2.00. The minimum atomic E-state index is 0.485. The van der Waals surface area contributed by atoms with E-state index in [1.165, 1.54) is 11.5 Å². The molecule has 5 heteroatoms. The summed E-state index contributed by atoms with van der Waals surface area (Å²) in [6.07, 6.45) is 0.702. The number of nitrogens with zero attached hydrogens (tertiary/aromatic N) is 2. The summed E-state index contributed by atoms with van der Waals surface area (Å²) in [5.41, 5.74) is 1.14. The highest BCUT2D eigenvalue weighted by Crippen LogP contribution is 2.16. The normalized spacial score (nSPS) is 10.3. The first-order valence-corrected chi connectivity index (χ1v) is 5.54. The summed E-state index contributed by atoms with van der Waals surface area (Å²) in [4.78, 5) is 4.09. The molecule has 2 rings (SSSR count). The van der Waals surface area contributed by atoms with Crippen LogP contribution in [0.2, 0.25) is 4.47 Å². The van der Waals surface area contributed by atoms with E-state index in [0.717, 1.165) is 17.1 Å². The molecule has 0 saturated heterocycles. The van der Waals surface area contributed by atoms with E-state index in [-0.39, 0.29) is 0 Å². The molecule has 0 saturated carbocycles. The van der Waals surface area contributed by atoms with Gasteiger partial charge in [0.15, 0.2) is 0 Å². The van der Waals surface area contributed by atoms with Gasteiger partial charge in [-0.05, 0) is 40.8 Å². The van der Waals surface area contributed by atoms with Crippen LogP contribution in [0.15, 0.2) is 24.3 Å². The van der Waals surface area contributed by atoms with Crippen LogP contribution >= 0.6 is 23.1 Å². The van der Waals surface area contributed by atoms with Crippen molar-refractivity contribution in [2.45, 2.75) is 6.42 Å². The first-order valence-electron chi connectivity index (χ1n) is 4.39. The maximum absolute atomic E-state index is 5.70. The molecule has 0 aliphatic rings. The average Bonchev–Trinajstić information content (AvgIpc) is 2.65. The summed E-state index contributed by atoms with van der Waals surface area (Å²) in [5, 5.41) is 0. The molecule has 1 aromatic carbocycles. The number of benzene rings is 1. The standard InChI is InChI=1S/C10H9ClN2OS/c1-14-8-4-2-7(3-5-8)6-9-12-10(11)15-13-9/h2-5H,6H2,1H3. The molecule has 3 nitrogen and oxygen atoms in total. The van der Waals surface area contributed by atoms with Gasteiger partial charge in [0.2, 0.25) is 4.47 Å². The monoisotopic (exact) mass is 240 g/mol. The highest BCUT2D eigenvalue weighted by molar-refractivity contribution is 7.10. The Hall–Kier alpha value is -1.13. The summed E-state index contributed by atoms with van der Waals surface area (Å²) < 4.78 is 9.68. The lowest BCUT2D eigenvalue weighted by atomic mass is 10.1. The Balaban J connectivity index is 2.11. The fourth-order valence-corrected chi connectivity index (χ4v) is 1.86. The molecule has 0 aliphatic carbocycles. The minimum absolute atomic E-state index is 0.485. The molecule has 0 atom stereocenters. The van der Waals surface area contributed by atoms with Crippen LogP contribution in [-0.2, 0) is 6.42 Å². The lowest BCUT2D eigenvalue weighted by Crippen LogP contribution is -1.90. The highest BCUT2D eigenvalue weighted by Gasteiger charge is 2.03. The van der Waals surface area contributed by atoms with Crippen molar-refractivity contribution in [1.29, 1.82) is 0 Å². The van der Waals surface area contributed by atoms with E-state index in [4.69, 9.17) is 16.3 Å². The largest absolute Gasteiger partial charge is 0.497 e. The van der Waals surface area contributed by atoms with Gasteiger partial charge >= 0.3 is 0 Å². The molecule has 78 valence electrons. The van der Waals surface area contributed by atoms with E-state index in [0.29, 0.717) is 10.9 Å². The summed E-state index contributed by atoms with van der Waals surface area (Å²) in [6.45, 7) is 0. The number of aromatic nitrogens is 2. The van der Waals surface area contributed by atoms with Gasteiger partial charge in [-0.3, -0.25) is 0 Å². The number of halogens is 1. The van der Waals surface area contributed by atoms with Gasteiger partial charge in [-0.25, -0.2) is 4.98 Å². The van der Waals surface area contributed by atoms with Crippen LogP contribution in [0.25, 0.3) is 0 Å². The number of ether oxygens (including phenoxy) is 1. The summed E-state index contributed by atoms with van der Waals surface area (Å²) >= 11 is 6.91. The smallest absolute Gasteiger partial charge is 0.203 e. The average molecular weight is 241 g/mol. The predicted molar refractivity (Wildman–Crippen MR) is 60.7 cm³/mol. The van der Waals surface area contributed by atoms with Crippen molar-refractivity contribution < 1.29 is 4.74 Å². The van der Waals surface area contributed by atoms with Crippen LogP contribution in [0, 0.1) is 0 Å². The first kappa shape index (κ1) is 10.4. The van der Waals surface area contributed by atoms with Gasteiger partial charge in [0.1, 0.15) is 11.6 Å². The van der Waals surface area contributed by atoms with E-state index in [9.17, 15) is 0 Å². The first-order chi connectivity index (χ1) is 7.28. The van der Waals surface area contributed by atoms with Crippen molar-refractivity contribution in [2.24, 2.45) is 0 Å². The molecule has 0 amide bonds. The third-order valence-electron chi connectivity index (χ3n) is 1.96. The van der Waals surface area contributed by atoms with Crippen LogP contribution < -0.4 is 4.74 Å². The molecule has 2 aromatic rings. The van der Waals surface area contributed by atoms with Gasteiger partial charge in [0, 0.05) is 6.42 Å². The van der Waals surface area contributed by atoms with Gasteiger partial charge in [-0.1, -0.05) is 12.1 Å². The van der Waals surface area contributed by atoms with Crippen molar-refractivity contribution >= 4 is 23.1 Å². The fraction of sp³-hybridized carbons (Fsp3) is 0.200. The Morgan fingerprint density at radius 2 is 2.07 bits per heavy atom. The number of rotatable bonds is 3. The second-order valence-electron chi connectivity index (χ2n) is 2.99. The van der Waals surface area contributed by atoms with Crippen molar-refractivity contribution in [2.75, 3.05) is 7.11 Å². The van der Waals surface area contributed by atoms with Crippen molar-refractivity contribution in [1.82, 2.24) is 9.36 Å². The highest BCUT2D eigenvalue weighted by atomic mass is 35.5. The molecule has 0 unspecified atom stereocenters. The second kappa shape index (κ2) is 4.59. The van der Waals surface area contributed by atoms with Crippen LogP contribution in [0.1, 0.15) is 11.4 Å². The van der Waals surface area contributed by atoms with E-state index >= 15 is 0 Å². The third kappa shape index (κ3) is 2.67. The summed E-state index contributed by atoms with van der Waals surface area (Å²) in [7, 11) is 1.65. The van der Waals surface area contributed by atoms with Gasteiger partial charge in [-0.15, -0.1) is 0 Å². The van der Waals surface area contributed by atoms with Crippen LogP contribution in [0.4, 0.5) is 0 Å². The van der Waals surface area contributed by atoms with Gasteiger partial charge in [-0.2, -0.15) is 4.37 Å². The quantitative estimate of drug-likeness (QED) is 0.828. The zero-order chi connectivity index (χ0) is 10.7. The maximum Gasteiger partial charge on any atom is 0.203 e. The number of methoxy groups -OCH3 is 1. The Labute approximate surface area is 96.9 Å². The molecule has 0 radical (unpaired) electrons. The van der Waals surface area contributed by atoms with Crippen LogP contribution in [0.3, 0.4) is 0 Å². The third-order valence-corrected chi connectivity index (χ3v) is 2.80. The van der Waals surface area contributed by atoms with Crippen molar-refractivity contribution in [3.8, 4) is 5.75 Å². The molecule has 0 bridgehead atoms. The fourth-order valence-electron chi connectivity index (χ4n) is 1.23. The van der Waals surface area contributed by atoms with Gasteiger partial charge < -0.3 is 4.74 Å². The van der Waals surface area contributed by atoms with Crippen LogP contribution in [-0.4, -0.2) is 16.5 Å². The summed E-state index contributed by atoms with van der Waals surface area (Å²) in [5.74, 6) is 1.61. The van der Waals surface area contributed by atoms with Crippen molar-refractivity contribution in [3.05, 3.63) is 40.1 Å². The Morgan fingerprint density at radius 3 is 2.60 bits per heavy atom. The predicted octanol–water partition coefficient (Wildman–Crippen LogP) is 2.79. The minimum Gasteiger partial charge on any atom is -0.497 e. The molecular formula is C10H9ClN2OS. The topological polar surface area (TPSA) is 35.0 Å². The molecular weight excluding hydrogens is 232 g/mol. The molecule has 0 aliphatic heterocycles. The molecule has 1 heterocycles. The Kier molecular flexibility index (Phi) is 3.18. The van der Waals surface area contributed by atoms with Crippen LogP contribution in [0.5, 0.6) is 5.75 Å². The van der Waals surface area contributed by atoms with Gasteiger partial charge in [0.25, 0.3) is 0 Å². The number of hydrogen-bond acceptors (Lipinski definition) is 4. The van der Waals surface area contributed by atoms with Crippen molar-refractivity contribution in [3.63, 3.8) is 0 Å². The maximum atomic E-state index is 5.70. The molecule has 0 N–H and O–H groups in total. The Morgan fingerprint density at radius 1 is 1.33 bits per heavy atom. The molecule has 15 heavy (non-hydrogen) atoms.